The fraction of sp³-hybridized carbons (Fsp3) is 0.667. The van der Waals surface area contributed by atoms with E-state index >= 15 is 0 Å². The average Bonchev–Trinajstić information content (AvgIpc) is 3.02. The van der Waals surface area contributed by atoms with Crippen molar-refractivity contribution in [2.24, 2.45) is 0 Å². The molecule has 1 aromatic rings. The van der Waals surface area contributed by atoms with Crippen LogP contribution in [0, 0.1) is 0 Å². The van der Waals surface area contributed by atoms with Crippen molar-refractivity contribution in [3.8, 4) is 11.8 Å². The van der Waals surface area contributed by atoms with E-state index in [4.69, 9.17) is 14.2 Å². The largest absolute Gasteiger partial charge is 0.481 e. The number of rotatable bonds is 4. The molecule has 30 heavy (non-hydrogen) atoms. The number of aromatic nitrogens is 1. The van der Waals surface area contributed by atoms with E-state index in [1.54, 1.807) is 12.1 Å². The van der Waals surface area contributed by atoms with Crippen molar-refractivity contribution in [3.63, 3.8) is 0 Å². The summed E-state index contributed by atoms with van der Waals surface area (Å²) in [5.74, 6) is 0.561. The summed E-state index contributed by atoms with van der Waals surface area (Å²) in [7, 11) is 4.89. The average molecular weight is 418 g/mol. The maximum Gasteiger partial charge on any atom is 0.320 e. The second-order valence-electron chi connectivity index (χ2n) is 8.28. The summed E-state index contributed by atoms with van der Waals surface area (Å²) in [6, 6.07) is 3.59. The summed E-state index contributed by atoms with van der Waals surface area (Å²) in [5, 5.41) is 0. The van der Waals surface area contributed by atoms with E-state index in [9.17, 15) is 9.59 Å². The van der Waals surface area contributed by atoms with Gasteiger partial charge in [0.2, 0.25) is 11.8 Å². The molecule has 4 rings (SSSR count). The van der Waals surface area contributed by atoms with Gasteiger partial charge in [-0.05, 0) is 31.7 Å². The molecule has 3 aliphatic rings. The molecule has 0 aliphatic carbocycles. The second kappa shape index (κ2) is 8.29. The zero-order valence-electron chi connectivity index (χ0n) is 17.9. The van der Waals surface area contributed by atoms with Gasteiger partial charge in [0.25, 0.3) is 5.91 Å². The Kier molecular flexibility index (Phi) is 5.73. The lowest BCUT2D eigenvalue weighted by atomic mass is 9.86. The molecular formula is C21H30N4O5. The van der Waals surface area contributed by atoms with Crippen LogP contribution in [-0.4, -0.2) is 97.3 Å². The topological polar surface area (TPSA) is 84.4 Å². The van der Waals surface area contributed by atoms with E-state index in [0.717, 1.165) is 32.2 Å². The number of pyridine rings is 1. The molecule has 1 spiro atoms. The molecular weight excluding hydrogens is 388 g/mol. The molecule has 164 valence electrons. The monoisotopic (exact) mass is 418 g/mol. The van der Waals surface area contributed by atoms with E-state index in [-0.39, 0.29) is 29.4 Å². The molecule has 0 radical (unpaired) electrons. The highest BCUT2D eigenvalue weighted by Crippen LogP contribution is 2.38. The van der Waals surface area contributed by atoms with E-state index in [2.05, 4.69) is 9.88 Å². The summed E-state index contributed by atoms with van der Waals surface area (Å²) < 4.78 is 16.0. The number of nitrogens with zero attached hydrogens (tertiary/aromatic N) is 4. The van der Waals surface area contributed by atoms with Crippen LogP contribution in [0.15, 0.2) is 12.1 Å². The summed E-state index contributed by atoms with van der Waals surface area (Å²) >= 11 is 0. The molecule has 3 amide bonds. The van der Waals surface area contributed by atoms with Crippen molar-refractivity contribution in [3.05, 3.63) is 17.7 Å². The molecule has 9 heteroatoms. The van der Waals surface area contributed by atoms with Gasteiger partial charge in [0.1, 0.15) is 5.56 Å². The quantitative estimate of drug-likeness (QED) is 0.739. The maximum atomic E-state index is 13.1. The van der Waals surface area contributed by atoms with Crippen LogP contribution in [0.25, 0.3) is 0 Å². The van der Waals surface area contributed by atoms with Gasteiger partial charge in [-0.15, -0.1) is 0 Å². The number of ether oxygens (including phenoxy) is 3. The summed E-state index contributed by atoms with van der Waals surface area (Å²) in [4.78, 5) is 36.0. The van der Waals surface area contributed by atoms with Crippen LogP contribution in [-0.2, 0) is 4.74 Å². The Labute approximate surface area is 176 Å². The minimum absolute atomic E-state index is 0.0997. The van der Waals surface area contributed by atoms with E-state index in [1.807, 2.05) is 16.8 Å². The number of likely N-dealkylation sites (N-methyl/N-ethyl adjacent to an activating group) is 1. The first-order valence-electron chi connectivity index (χ1n) is 10.5. The van der Waals surface area contributed by atoms with E-state index < -0.39 is 0 Å². The molecule has 0 unspecified atom stereocenters. The molecule has 0 atom stereocenters. The van der Waals surface area contributed by atoms with Crippen molar-refractivity contribution in [1.82, 2.24) is 19.7 Å². The number of piperidine rings is 1. The van der Waals surface area contributed by atoms with Crippen molar-refractivity contribution in [2.75, 3.05) is 54.1 Å². The Morgan fingerprint density at radius 3 is 2.50 bits per heavy atom. The number of amides is 3. The molecule has 1 aromatic heterocycles. The fourth-order valence-corrected chi connectivity index (χ4v) is 5.02. The van der Waals surface area contributed by atoms with Crippen molar-refractivity contribution in [1.29, 1.82) is 0 Å². The van der Waals surface area contributed by atoms with Gasteiger partial charge in [-0.25, -0.2) is 4.79 Å². The van der Waals surface area contributed by atoms with Gasteiger partial charge in [0, 0.05) is 52.0 Å². The number of carbonyl (C=O) groups is 2. The third kappa shape index (κ3) is 3.55. The first-order chi connectivity index (χ1) is 14.5. The normalized spacial score (nSPS) is 22.0. The number of likely N-dealkylation sites (tertiary alicyclic amines) is 1. The van der Waals surface area contributed by atoms with Gasteiger partial charge in [-0.3, -0.25) is 4.79 Å². The van der Waals surface area contributed by atoms with Crippen molar-refractivity contribution < 1.29 is 23.8 Å². The molecule has 4 heterocycles. The highest BCUT2D eigenvalue weighted by molar-refractivity contribution is 5.96. The minimum atomic E-state index is -0.135. The van der Waals surface area contributed by atoms with Crippen LogP contribution >= 0.6 is 0 Å². The van der Waals surface area contributed by atoms with Crippen molar-refractivity contribution >= 4 is 11.9 Å². The zero-order valence-corrected chi connectivity index (χ0v) is 17.9. The molecule has 0 N–H and O–H groups in total. The predicted molar refractivity (Wildman–Crippen MR) is 109 cm³/mol. The van der Waals surface area contributed by atoms with Crippen LogP contribution in [0.3, 0.4) is 0 Å². The van der Waals surface area contributed by atoms with Crippen LogP contribution < -0.4 is 9.47 Å². The Morgan fingerprint density at radius 2 is 1.87 bits per heavy atom. The second-order valence-corrected chi connectivity index (χ2v) is 8.28. The predicted octanol–water partition coefficient (Wildman–Crippen LogP) is 1.62. The Balaban J connectivity index is 1.46. The fourth-order valence-electron chi connectivity index (χ4n) is 5.02. The molecule has 0 bridgehead atoms. The van der Waals surface area contributed by atoms with Gasteiger partial charge in [-0.1, -0.05) is 0 Å². The number of methoxy groups -OCH3 is 2. The van der Waals surface area contributed by atoms with Crippen molar-refractivity contribution in [2.45, 2.75) is 37.3 Å². The molecule has 9 nitrogen and oxygen atoms in total. The Morgan fingerprint density at radius 1 is 1.17 bits per heavy atom. The lowest BCUT2D eigenvalue weighted by Crippen LogP contribution is -2.57. The Bertz CT molecular complexity index is 803. The highest BCUT2D eigenvalue weighted by atomic mass is 16.5. The minimum Gasteiger partial charge on any atom is -0.481 e. The Hall–Kier alpha value is -2.55. The van der Waals surface area contributed by atoms with Gasteiger partial charge in [0.05, 0.1) is 19.8 Å². The first kappa shape index (κ1) is 20.7. The SMILES string of the molecule is COc1ccc(C(=O)N2CCC(N3C(=O)N(C)CC34CCOCC4)CC2)c(OC)n1. The smallest absolute Gasteiger partial charge is 0.320 e. The number of urea groups is 1. The standard InChI is InChI=1S/C21H30N4O5/c1-23-14-21(8-12-30-13-9-21)25(20(23)27)15-6-10-24(11-7-15)19(26)16-4-5-17(28-2)22-18(16)29-3/h4-5,15H,6-14H2,1-3H3. The highest BCUT2D eigenvalue weighted by Gasteiger charge is 2.52. The third-order valence-electron chi connectivity index (χ3n) is 6.58. The lowest BCUT2D eigenvalue weighted by molar-refractivity contribution is -0.0151. The molecule has 0 saturated carbocycles. The lowest BCUT2D eigenvalue weighted by Gasteiger charge is -2.46. The summed E-state index contributed by atoms with van der Waals surface area (Å²) in [6.07, 6.45) is 3.27. The number of carbonyl (C=O) groups excluding carboxylic acids is 2. The van der Waals surface area contributed by atoms with E-state index in [0.29, 0.717) is 37.7 Å². The molecule has 3 saturated heterocycles. The molecule has 3 aliphatic heterocycles. The molecule has 3 fully saturated rings. The van der Waals surface area contributed by atoms with Crippen LogP contribution in [0.2, 0.25) is 0 Å². The maximum absolute atomic E-state index is 13.1. The zero-order chi connectivity index (χ0) is 21.3. The van der Waals surface area contributed by atoms with Gasteiger partial charge >= 0.3 is 6.03 Å². The van der Waals surface area contributed by atoms with Crippen LogP contribution in [0.1, 0.15) is 36.0 Å². The molecule has 0 aromatic carbocycles. The number of hydrogen-bond acceptors (Lipinski definition) is 6. The van der Waals surface area contributed by atoms with Gasteiger partial charge < -0.3 is 28.9 Å². The van der Waals surface area contributed by atoms with Crippen LogP contribution in [0.5, 0.6) is 11.8 Å². The van der Waals surface area contributed by atoms with Gasteiger partial charge in [0.15, 0.2) is 0 Å². The summed E-state index contributed by atoms with van der Waals surface area (Å²) in [5.41, 5.74) is 0.291. The summed E-state index contributed by atoms with van der Waals surface area (Å²) in [6.45, 7) is 3.33. The third-order valence-corrected chi connectivity index (χ3v) is 6.58. The van der Waals surface area contributed by atoms with E-state index in [1.165, 1.54) is 14.2 Å². The first-order valence-corrected chi connectivity index (χ1v) is 10.5. The van der Waals surface area contributed by atoms with Gasteiger partial charge in [-0.2, -0.15) is 4.98 Å². The van der Waals surface area contributed by atoms with Crippen LogP contribution in [0.4, 0.5) is 4.79 Å². The number of hydrogen-bond donors (Lipinski definition) is 0.